The number of carbonyl (C=O) groups is 1. The second kappa shape index (κ2) is 5.38. The molecule has 0 aliphatic rings. The third-order valence-electron chi connectivity index (χ3n) is 2.43. The van der Waals surface area contributed by atoms with Gasteiger partial charge in [-0.15, -0.1) is 0 Å². The van der Waals surface area contributed by atoms with Gasteiger partial charge in [-0.1, -0.05) is 15.9 Å². The molecule has 1 aromatic carbocycles. The molecular formula is C11H12BrF3N2O2. The Balaban J connectivity index is 2.97. The monoisotopic (exact) mass is 340 g/mol. The standard InChI is InChI=1S/C11H12BrF3N2O2/c1-10(16,11(13,14)15)9(18)17-7-3-6(12)4-8(5-7)19-2/h3-5H,16H2,1-2H3,(H,17,18). The number of carbonyl (C=O) groups excluding carboxylic acids is 1. The first-order chi connectivity index (χ1) is 8.57. The lowest BCUT2D eigenvalue weighted by molar-refractivity contribution is -0.184. The molecule has 0 spiro atoms. The summed E-state index contributed by atoms with van der Waals surface area (Å²) in [5, 5.41) is 2.11. The summed E-state index contributed by atoms with van der Waals surface area (Å²) in [6.07, 6.45) is -4.84. The lowest BCUT2D eigenvalue weighted by Gasteiger charge is -2.26. The van der Waals surface area contributed by atoms with Gasteiger partial charge in [-0.25, -0.2) is 0 Å². The summed E-state index contributed by atoms with van der Waals surface area (Å²) in [5.74, 6) is -0.962. The van der Waals surface area contributed by atoms with Gasteiger partial charge in [0.1, 0.15) is 5.75 Å². The molecule has 0 heterocycles. The number of nitrogens with two attached hydrogens (primary N) is 1. The third kappa shape index (κ3) is 3.60. The van der Waals surface area contributed by atoms with E-state index in [4.69, 9.17) is 10.5 Å². The number of amides is 1. The highest BCUT2D eigenvalue weighted by Gasteiger charge is 2.53. The number of hydrogen-bond donors (Lipinski definition) is 2. The van der Waals surface area contributed by atoms with Crippen LogP contribution in [0.25, 0.3) is 0 Å². The Morgan fingerprint density at radius 2 is 1.95 bits per heavy atom. The zero-order chi connectivity index (χ0) is 14.8. The molecule has 4 nitrogen and oxygen atoms in total. The Bertz CT molecular complexity index is 489. The maximum Gasteiger partial charge on any atom is 0.415 e. The third-order valence-corrected chi connectivity index (χ3v) is 2.88. The van der Waals surface area contributed by atoms with Gasteiger partial charge in [-0.2, -0.15) is 13.2 Å². The van der Waals surface area contributed by atoms with E-state index in [9.17, 15) is 18.0 Å². The van der Waals surface area contributed by atoms with Crippen LogP contribution in [0.5, 0.6) is 5.75 Å². The predicted molar refractivity (Wildman–Crippen MR) is 68.0 cm³/mol. The van der Waals surface area contributed by atoms with Gasteiger partial charge in [-0.05, 0) is 19.1 Å². The topological polar surface area (TPSA) is 64.3 Å². The van der Waals surface area contributed by atoms with Crippen molar-refractivity contribution in [2.75, 3.05) is 12.4 Å². The average Bonchev–Trinajstić information content (AvgIpc) is 2.26. The minimum atomic E-state index is -4.84. The highest BCUT2D eigenvalue weighted by molar-refractivity contribution is 9.10. The first-order valence-electron chi connectivity index (χ1n) is 5.09. The van der Waals surface area contributed by atoms with Crippen molar-refractivity contribution in [3.63, 3.8) is 0 Å². The molecule has 19 heavy (non-hydrogen) atoms. The quantitative estimate of drug-likeness (QED) is 0.889. The molecule has 0 fully saturated rings. The highest BCUT2D eigenvalue weighted by Crippen LogP contribution is 2.30. The lowest BCUT2D eigenvalue weighted by atomic mass is 10.0. The van der Waals surface area contributed by atoms with Crippen LogP contribution in [0, 0.1) is 0 Å². The summed E-state index contributed by atoms with van der Waals surface area (Å²) in [6, 6.07) is 4.42. The molecule has 0 radical (unpaired) electrons. The van der Waals surface area contributed by atoms with Crippen molar-refractivity contribution in [2.45, 2.75) is 18.6 Å². The van der Waals surface area contributed by atoms with E-state index >= 15 is 0 Å². The fourth-order valence-electron chi connectivity index (χ4n) is 1.14. The van der Waals surface area contributed by atoms with Crippen LogP contribution in [-0.4, -0.2) is 24.7 Å². The number of anilines is 1. The average molecular weight is 341 g/mol. The summed E-state index contributed by atoms with van der Waals surface area (Å²) >= 11 is 3.15. The fraction of sp³-hybridized carbons (Fsp3) is 0.364. The lowest BCUT2D eigenvalue weighted by Crippen LogP contribution is -2.59. The van der Waals surface area contributed by atoms with Crippen molar-refractivity contribution >= 4 is 27.5 Å². The smallest absolute Gasteiger partial charge is 0.415 e. The van der Waals surface area contributed by atoms with Crippen LogP contribution in [-0.2, 0) is 4.79 Å². The van der Waals surface area contributed by atoms with Crippen LogP contribution in [0.1, 0.15) is 6.92 Å². The van der Waals surface area contributed by atoms with Gasteiger partial charge >= 0.3 is 6.18 Å². The summed E-state index contributed by atoms with van der Waals surface area (Å²) in [7, 11) is 1.40. The molecule has 1 aromatic rings. The van der Waals surface area contributed by atoms with Gasteiger partial charge in [0.05, 0.1) is 7.11 Å². The largest absolute Gasteiger partial charge is 0.497 e. The van der Waals surface area contributed by atoms with E-state index in [1.165, 1.54) is 19.2 Å². The molecule has 106 valence electrons. The maximum atomic E-state index is 12.6. The number of benzene rings is 1. The Hall–Kier alpha value is -1.28. The van der Waals surface area contributed by atoms with Crippen molar-refractivity contribution < 1.29 is 22.7 Å². The number of methoxy groups -OCH3 is 1. The van der Waals surface area contributed by atoms with Gasteiger partial charge in [0.2, 0.25) is 0 Å². The van der Waals surface area contributed by atoms with Gasteiger partial charge in [0.25, 0.3) is 5.91 Å². The normalized spacial score (nSPS) is 14.7. The number of rotatable bonds is 3. The molecule has 3 N–H and O–H groups in total. The zero-order valence-electron chi connectivity index (χ0n) is 10.1. The van der Waals surface area contributed by atoms with Crippen LogP contribution >= 0.6 is 15.9 Å². The molecule has 0 bridgehead atoms. The first kappa shape index (κ1) is 15.8. The summed E-state index contributed by atoms with van der Waals surface area (Å²) in [6.45, 7) is 0.609. The van der Waals surface area contributed by atoms with Crippen molar-refractivity contribution in [3.8, 4) is 5.75 Å². The van der Waals surface area contributed by atoms with Gasteiger partial charge in [-0.3, -0.25) is 4.79 Å². The van der Waals surface area contributed by atoms with Crippen molar-refractivity contribution in [2.24, 2.45) is 5.73 Å². The highest BCUT2D eigenvalue weighted by atomic mass is 79.9. The molecule has 8 heteroatoms. The number of ether oxygens (including phenoxy) is 1. The van der Waals surface area contributed by atoms with E-state index in [1.807, 2.05) is 0 Å². The minimum absolute atomic E-state index is 0.150. The molecule has 1 rings (SSSR count). The van der Waals surface area contributed by atoms with Crippen LogP contribution in [0.2, 0.25) is 0 Å². The number of hydrogen-bond acceptors (Lipinski definition) is 3. The molecule has 1 atom stereocenters. The molecule has 0 aliphatic carbocycles. The van der Waals surface area contributed by atoms with E-state index in [1.54, 1.807) is 6.07 Å². The SMILES string of the molecule is COc1cc(Br)cc(NC(=O)C(C)(N)C(F)(F)F)c1. The van der Waals surface area contributed by atoms with E-state index in [2.05, 4.69) is 21.2 Å². The van der Waals surface area contributed by atoms with Gasteiger partial charge in [0.15, 0.2) is 5.54 Å². The summed E-state index contributed by atoms with van der Waals surface area (Å²) in [5.41, 5.74) is 2.19. The number of halogens is 4. The molecule has 0 saturated heterocycles. The van der Waals surface area contributed by atoms with Crippen LogP contribution in [0.15, 0.2) is 22.7 Å². The molecular weight excluding hydrogens is 329 g/mol. The molecule has 0 saturated carbocycles. The van der Waals surface area contributed by atoms with Crippen LogP contribution < -0.4 is 15.8 Å². The fourth-order valence-corrected chi connectivity index (χ4v) is 1.61. The minimum Gasteiger partial charge on any atom is -0.497 e. The zero-order valence-corrected chi connectivity index (χ0v) is 11.7. The van der Waals surface area contributed by atoms with E-state index in [0.29, 0.717) is 17.1 Å². The molecule has 0 aromatic heterocycles. The first-order valence-corrected chi connectivity index (χ1v) is 5.89. The Kier molecular flexibility index (Phi) is 4.46. The number of nitrogens with one attached hydrogen (secondary N) is 1. The van der Waals surface area contributed by atoms with Gasteiger partial charge in [0, 0.05) is 16.2 Å². The van der Waals surface area contributed by atoms with Crippen molar-refractivity contribution in [3.05, 3.63) is 22.7 Å². The maximum absolute atomic E-state index is 12.6. The summed E-state index contributed by atoms with van der Waals surface area (Å²) < 4.78 is 43.3. The number of alkyl halides is 3. The van der Waals surface area contributed by atoms with E-state index < -0.39 is 17.6 Å². The van der Waals surface area contributed by atoms with Crippen molar-refractivity contribution in [1.82, 2.24) is 0 Å². The second-order valence-electron chi connectivity index (χ2n) is 4.03. The van der Waals surface area contributed by atoms with Crippen LogP contribution in [0.3, 0.4) is 0 Å². The molecule has 1 unspecified atom stereocenters. The Morgan fingerprint density at radius 3 is 2.42 bits per heavy atom. The van der Waals surface area contributed by atoms with E-state index in [-0.39, 0.29) is 5.69 Å². The Labute approximate surface area is 116 Å². The van der Waals surface area contributed by atoms with E-state index in [0.717, 1.165) is 0 Å². The van der Waals surface area contributed by atoms with Crippen molar-refractivity contribution in [1.29, 1.82) is 0 Å². The molecule has 0 aliphatic heterocycles. The van der Waals surface area contributed by atoms with Crippen LogP contribution in [0.4, 0.5) is 18.9 Å². The second-order valence-corrected chi connectivity index (χ2v) is 4.95. The predicted octanol–water partition coefficient (Wildman–Crippen LogP) is 2.68. The van der Waals surface area contributed by atoms with Gasteiger partial charge < -0.3 is 15.8 Å². The Morgan fingerprint density at radius 1 is 1.37 bits per heavy atom. The summed E-state index contributed by atoms with van der Waals surface area (Å²) in [4.78, 5) is 11.6. The molecule has 1 amide bonds.